The molecule has 0 aromatic heterocycles. The maximum absolute atomic E-state index is 12.2. The van der Waals surface area contributed by atoms with Crippen LogP contribution in [0.15, 0.2) is 0 Å². The number of carboxylic acids is 1. The van der Waals surface area contributed by atoms with Crippen LogP contribution in [0.5, 0.6) is 0 Å². The van der Waals surface area contributed by atoms with Gasteiger partial charge in [-0.25, -0.2) is 9.59 Å². The fourth-order valence-electron chi connectivity index (χ4n) is 2.30. The Morgan fingerprint density at radius 1 is 1.40 bits per heavy atom. The van der Waals surface area contributed by atoms with E-state index in [1.807, 2.05) is 4.90 Å². The fourth-order valence-corrected chi connectivity index (χ4v) is 2.30. The van der Waals surface area contributed by atoms with Gasteiger partial charge in [0, 0.05) is 19.1 Å². The van der Waals surface area contributed by atoms with Gasteiger partial charge in [-0.2, -0.15) is 0 Å². The van der Waals surface area contributed by atoms with Gasteiger partial charge in [-0.3, -0.25) is 0 Å². The molecular formula is C13H25N3O4. The molecule has 0 saturated carbocycles. The third kappa shape index (κ3) is 6.21. The molecule has 7 nitrogen and oxygen atoms in total. The minimum Gasteiger partial charge on any atom is -0.480 e. The Bertz CT molecular complexity index is 306. The number of hydrogen-bond acceptors (Lipinski definition) is 4. The summed E-state index contributed by atoms with van der Waals surface area (Å²) in [6, 6.07) is 0.203. The molecule has 0 aromatic rings. The van der Waals surface area contributed by atoms with Gasteiger partial charge in [0.25, 0.3) is 0 Å². The van der Waals surface area contributed by atoms with E-state index in [0.717, 1.165) is 38.9 Å². The number of piperidine rings is 1. The first-order valence-electron chi connectivity index (χ1n) is 7.20. The summed E-state index contributed by atoms with van der Waals surface area (Å²) in [6.07, 6.45) is 2.87. The molecule has 1 aliphatic rings. The van der Waals surface area contributed by atoms with Crippen molar-refractivity contribution in [2.45, 2.75) is 32.2 Å². The Morgan fingerprint density at radius 3 is 2.70 bits per heavy atom. The van der Waals surface area contributed by atoms with E-state index in [1.54, 1.807) is 0 Å². The minimum absolute atomic E-state index is 0.0855. The average molecular weight is 287 g/mol. The van der Waals surface area contributed by atoms with Crippen molar-refractivity contribution >= 4 is 12.0 Å². The number of carbonyl (C=O) groups is 2. The number of nitrogens with zero attached hydrogens (tertiary/aromatic N) is 1. The van der Waals surface area contributed by atoms with Gasteiger partial charge in [-0.15, -0.1) is 0 Å². The van der Waals surface area contributed by atoms with Crippen molar-refractivity contribution in [3.8, 4) is 0 Å². The standard InChI is InChI=1S/C13H25N3O4/c1-2-8-16(11-3-5-14-6-4-11)13(19)15-7-9-20-10-12(17)18/h11,14H,2-10H2,1H3,(H,15,19)(H,17,18). The zero-order chi connectivity index (χ0) is 14.8. The Balaban J connectivity index is 2.30. The predicted octanol–water partition coefficient (Wildman–Crippen LogP) is 0.261. The lowest BCUT2D eigenvalue weighted by atomic mass is 10.1. The summed E-state index contributed by atoms with van der Waals surface area (Å²) in [5, 5.41) is 14.5. The van der Waals surface area contributed by atoms with Gasteiger partial charge >= 0.3 is 12.0 Å². The van der Waals surface area contributed by atoms with Gasteiger partial charge in [-0.1, -0.05) is 6.92 Å². The van der Waals surface area contributed by atoms with Crippen LogP contribution in [-0.4, -0.2) is 67.4 Å². The molecule has 0 aliphatic carbocycles. The van der Waals surface area contributed by atoms with E-state index in [9.17, 15) is 9.59 Å². The number of nitrogens with one attached hydrogen (secondary N) is 2. The summed E-state index contributed by atoms with van der Waals surface area (Å²) in [5.41, 5.74) is 0. The van der Waals surface area contributed by atoms with Crippen molar-refractivity contribution in [2.75, 3.05) is 39.4 Å². The van der Waals surface area contributed by atoms with Crippen molar-refractivity contribution in [1.82, 2.24) is 15.5 Å². The van der Waals surface area contributed by atoms with E-state index in [2.05, 4.69) is 17.6 Å². The molecule has 0 spiro atoms. The molecule has 0 atom stereocenters. The fraction of sp³-hybridized carbons (Fsp3) is 0.846. The monoisotopic (exact) mass is 287 g/mol. The molecule has 20 heavy (non-hydrogen) atoms. The summed E-state index contributed by atoms with van der Waals surface area (Å²) in [5.74, 6) is -1.00. The number of hydrogen-bond donors (Lipinski definition) is 3. The summed E-state index contributed by atoms with van der Waals surface area (Å²) in [6.45, 7) is 4.90. The largest absolute Gasteiger partial charge is 0.480 e. The zero-order valence-electron chi connectivity index (χ0n) is 12.1. The topological polar surface area (TPSA) is 90.9 Å². The van der Waals surface area contributed by atoms with Gasteiger partial charge < -0.3 is 25.4 Å². The van der Waals surface area contributed by atoms with Crippen molar-refractivity contribution < 1.29 is 19.4 Å². The Labute approximate surface area is 119 Å². The quantitative estimate of drug-likeness (QED) is 0.557. The normalized spacial score (nSPS) is 15.8. The minimum atomic E-state index is -1.00. The molecule has 0 bridgehead atoms. The molecule has 1 rings (SSSR count). The molecule has 0 radical (unpaired) electrons. The van der Waals surface area contributed by atoms with E-state index in [-0.39, 0.29) is 25.3 Å². The molecule has 0 aromatic carbocycles. The number of ether oxygens (including phenoxy) is 1. The van der Waals surface area contributed by atoms with Crippen molar-refractivity contribution in [2.24, 2.45) is 0 Å². The second-order valence-corrected chi connectivity index (χ2v) is 4.85. The molecular weight excluding hydrogens is 262 g/mol. The molecule has 116 valence electrons. The highest BCUT2D eigenvalue weighted by atomic mass is 16.5. The van der Waals surface area contributed by atoms with Gasteiger partial charge in [0.05, 0.1) is 6.61 Å². The lowest BCUT2D eigenvalue weighted by Gasteiger charge is -2.34. The van der Waals surface area contributed by atoms with Crippen LogP contribution < -0.4 is 10.6 Å². The zero-order valence-corrected chi connectivity index (χ0v) is 12.1. The Kier molecular flexibility index (Phi) is 7.98. The van der Waals surface area contributed by atoms with E-state index >= 15 is 0 Å². The number of urea groups is 1. The van der Waals surface area contributed by atoms with Crippen LogP contribution in [0.1, 0.15) is 26.2 Å². The molecule has 1 saturated heterocycles. The lowest BCUT2D eigenvalue weighted by molar-refractivity contribution is -0.142. The van der Waals surface area contributed by atoms with E-state index in [4.69, 9.17) is 9.84 Å². The van der Waals surface area contributed by atoms with Crippen molar-refractivity contribution in [3.63, 3.8) is 0 Å². The molecule has 1 aliphatic heterocycles. The van der Waals surface area contributed by atoms with Gasteiger partial charge in [-0.05, 0) is 32.4 Å². The van der Waals surface area contributed by atoms with Crippen LogP contribution in [0.3, 0.4) is 0 Å². The summed E-state index contributed by atoms with van der Waals surface area (Å²) in [7, 11) is 0. The lowest BCUT2D eigenvalue weighted by Crippen LogP contribution is -2.50. The number of amides is 2. The molecule has 1 heterocycles. The number of carboxylic acid groups (broad SMARTS) is 1. The smallest absolute Gasteiger partial charge is 0.329 e. The first-order chi connectivity index (χ1) is 9.65. The van der Waals surface area contributed by atoms with Crippen LogP contribution in [0.4, 0.5) is 4.79 Å². The van der Waals surface area contributed by atoms with Crippen LogP contribution in [-0.2, 0) is 9.53 Å². The predicted molar refractivity (Wildman–Crippen MR) is 74.7 cm³/mol. The van der Waals surface area contributed by atoms with E-state index in [1.165, 1.54) is 0 Å². The Hall–Kier alpha value is -1.34. The number of rotatable bonds is 8. The SMILES string of the molecule is CCCN(C(=O)NCCOCC(=O)O)C1CCNCC1. The highest BCUT2D eigenvalue weighted by Gasteiger charge is 2.24. The van der Waals surface area contributed by atoms with Crippen LogP contribution in [0, 0.1) is 0 Å². The summed E-state index contributed by atoms with van der Waals surface area (Å²) < 4.78 is 4.89. The third-order valence-electron chi connectivity index (χ3n) is 3.22. The van der Waals surface area contributed by atoms with Gasteiger partial charge in [0.2, 0.25) is 0 Å². The average Bonchev–Trinajstić information content (AvgIpc) is 2.44. The Morgan fingerprint density at radius 2 is 2.10 bits per heavy atom. The van der Waals surface area contributed by atoms with E-state index in [0.29, 0.717) is 6.54 Å². The molecule has 7 heteroatoms. The first-order valence-corrected chi connectivity index (χ1v) is 7.20. The molecule has 2 amide bonds. The third-order valence-corrected chi connectivity index (χ3v) is 3.22. The highest BCUT2D eigenvalue weighted by molar-refractivity contribution is 5.74. The van der Waals surface area contributed by atoms with E-state index < -0.39 is 5.97 Å². The second-order valence-electron chi connectivity index (χ2n) is 4.85. The van der Waals surface area contributed by atoms with Gasteiger partial charge in [0.1, 0.15) is 6.61 Å². The second kappa shape index (κ2) is 9.55. The van der Waals surface area contributed by atoms with Crippen LogP contribution in [0.25, 0.3) is 0 Å². The summed E-state index contributed by atoms with van der Waals surface area (Å²) in [4.78, 5) is 24.3. The summed E-state index contributed by atoms with van der Waals surface area (Å²) >= 11 is 0. The first kappa shape index (κ1) is 16.7. The maximum atomic E-state index is 12.2. The maximum Gasteiger partial charge on any atom is 0.329 e. The van der Waals surface area contributed by atoms with Crippen LogP contribution >= 0.6 is 0 Å². The number of aliphatic carboxylic acids is 1. The molecule has 1 fully saturated rings. The number of carbonyl (C=O) groups excluding carboxylic acids is 1. The van der Waals surface area contributed by atoms with Gasteiger partial charge in [0.15, 0.2) is 0 Å². The molecule has 3 N–H and O–H groups in total. The van der Waals surface area contributed by atoms with Crippen LogP contribution in [0.2, 0.25) is 0 Å². The van der Waals surface area contributed by atoms with Crippen molar-refractivity contribution in [1.29, 1.82) is 0 Å². The van der Waals surface area contributed by atoms with Crippen molar-refractivity contribution in [3.05, 3.63) is 0 Å². The highest BCUT2D eigenvalue weighted by Crippen LogP contribution is 2.12. The molecule has 0 unspecified atom stereocenters.